The van der Waals surface area contributed by atoms with Crippen LogP contribution in [0, 0.1) is 0 Å². The van der Waals surface area contributed by atoms with Gasteiger partial charge in [-0.1, -0.05) is 396 Å². The Morgan fingerprint density at radius 2 is 0.687 bits per heavy atom. The smallest absolute Gasteiger partial charge is 0.305 e. The van der Waals surface area contributed by atoms with E-state index in [9.17, 15) is 35.1 Å². The Labute approximate surface area is 612 Å². The van der Waals surface area contributed by atoms with Gasteiger partial charge in [-0.2, -0.15) is 0 Å². The van der Waals surface area contributed by atoms with Gasteiger partial charge in [0.2, 0.25) is 5.91 Å². The lowest BCUT2D eigenvalue weighted by Crippen LogP contribution is -2.60. The SMILES string of the molecule is CCCCCCCCC/C=C/CC/C=C/C(O)C(COC1OC(CO)C(O)C(O)C1O)NC(=O)CCCCCCCCCCCCCCCCCCC/C=C\C/C=C\CCCCCCCCCCCCCCCCCOC(=O)CCCCCCCCCCCCCCCCCCCCC. The molecule has 11 nitrogen and oxygen atoms in total. The van der Waals surface area contributed by atoms with Gasteiger partial charge in [0.05, 0.1) is 32.0 Å². The molecule has 1 rings (SSSR count). The summed E-state index contributed by atoms with van der Waals surface area (Å²) < 4.78 is 16.8. The van der Waals surface area contributed by atoms with Gasteiger partial charge in [0.1, 0.15) is 24.4 Å². The van der Waals surface area contributed by atoms with Crippen LogP contribution in [0.4, 0.5) is 0 Å². The van der Waals surface area contributed by atoms with Gasteiger partial charge in [-0.15, -0.1) is 0 Å². The van der Waals surface area contributed by atoms with Crippen LogP contribution in [0.1, 0.15) is 438 Å². The summed E-state index contributed by atoms with van der Waals surface area (Å²) in [4.78, 5) is 25.2. The molecule has 0 aromatic rings. The Hall–Kier alpha value is -2.38. The number of ether oxygens (including phenoxy) is 3. The van der Waals surface area contributed by atoms with Crippen molar-refractivity contribution in [1.29, 1.82) is 0 Å². The lowest BCUT2D eigenvalue weighted by Gasteiger charge is -2.40. The molecule has 0 aromatic heterocycles. The minimum Gasteiger partial charge on any atom is -0.466 e. The van der Waals surface area contributed by atoms with E-state index >= 15 is 0 Å². The molecule has 1 saturated heterocycles. The number of allylic oxidation sites excluding steroid dienone is 7. The highest BCUT2D eigenvalue weighted by Crippen LogP contribution is 2.24. The van der Waals surface area contributed by atoms with Crippen LogP contribution in [0.25, 0.3) is 0 Å². The van der Waals surface area contributed by atoms with Gasteiger partial charge in [-0.25, -0.2) is 0 Å². The Morgan fingerprint density at radius 3 is 1.06 bits per heavy atom. The fraction of sp³-hybridized carbons (Fsp3) is 0.886. The molecule has 0 bridgehead atoms. The zero-order valence-corrected chi connectivity index (χ0v) is 65.2. The van der Waals surface area contributed by atoms with Crippen LogP contribution in [0.2, 0.25) is 0 Å². The minimum absolute atomic E-state index is 0.0201. The van der Waals surface area contributed by atoms with E-state index in [1.807, 2.05) is 6.08 Å². The molecule has 7 atom stereocenters. The van der Waals surface area contributed by atoms with E-state index in [0.717, 1.165) is 57.8 Å². The second-order valence-electron chi connectivity index (χ2n) is 30.2. The molecule has 1 aliphatic rings. The van der Waals surface area contributed by atoms with Gasteiger partial charge >= 0.3 is 5.97 Å². The summed E-state index contributed by atoms with van der Waals surface area (Å²) >= 11 is 0. The summed E-state index contributed by atoms with van der Waals surface area (Å²) in [5, 5.41) is 54.6. The van der Waals surface area contributed by atoms with Crippen LogP contribution in [-0.4, -0.2) is 100 Å². The van der Waals surface area contributed by atoms with E-state index < -0.39 is 49.5 Å². The second-order valence-corrected chi connectivity index (χ2v) is 30.2. The summed E-state index contributed by atoms with van der Waals surface area (Å²) in [5.41, 5.74) is 0. The topological polar surface area (TPSA) is 175 Å². The van der Waals surface area contributed by atoms with Crippen molar-refractivity contribution in [2.45, 2.75) is 480 Å². The number of nitrogens with one attached hydrogen (secondary N) is 1. The molecule has 7 unspecified atom stereocenters. The van der Waals surface area contributed by atoms with Crippen molar-refractivity contribution in [2.24, 2.45) is 0 Å². The molecular weight excluding hydrogens is 1230 g/mol. The standard InChI is InChI=1S/C88H165NO10/c1-3-5-7-9-11-13-15-17-18-19-41-45-48-52-56-60-64-68-72-76-84(93)97-77-73-69-65-61-57-53-49-46-43-40-38-36-34-32-30-28-26-24-22-20-21-23-25-27-29-31-33-35-37-39-42-44-47-51-55-59-63-67-71-75-83(92)89-80(79-98-88-87(96)86(95)85(94)82(78-90)99-88)81(91)74-70-66-62-58-54-50-16-14-12-10-8-6-4-2/h20-21,24,26,54,58,70,74,80-82,85-88,90-91,94-96H,3-19,22-23,25,27-53,55-57,59-69,71-73,75-79H2,1-2H3,(H,89,92)/b21-20-,26-24-,58-54+,74-70+. The first-order valence-corrected chi connectivity index (χ1v) is 43.4. The number of carbonyl (C=O) groups excluding carboxylic acids is 2. The highest BCUT2D eigenvalue weighted by atomic mass is 16.7. The molecule has 0 spiro atoms. The minimum atomic E-state index is -1.58. The van der Waals surface area contributed by atoms with Crippen LogP contribution in [0.5, 0.6) is 0 Å². The molecule has 582 valence electrons. The van der Waals surface area contributed by atoms with E-state index in [2.05, 4.69) is 55.6 Å². The highest BCUT2D eigenvalue weighted by Gasteiger charge is 2.44. The Balaban J connectivity index is 1.88. The summed E-state index contributed by atoms with van der Waals surface area (Å²) in [6, 6.07) is -0.826. The fourth-order valence-corrected chi connectivity index (χ4v) is 13.9. The summed E-state index contributed by atoms with van der Waals surface area (Å²) in [6.45, 7) is 4.38. The van der Waals surface area contributed by atoms with Crippen molar-refractivity contribution in [3.05, 3.63) is 48.6 Å². The van der Waals surface area contributed by atoms with Crippen LogP contribution in [-0.2, 0) is 23.8 Å². The monoisotopic (exact) mass is 1400 g/mol. The first-order valence-electron chi connectivity index (χ1n) is 43.4. The summed E-state index contributed by atoms with van der Waals surface area (Å²) in [7, 11) is 0. The first kappa shape index (κ1) is 94.6. The third kappa shape index (κ3) is 64.9. The van der Waals surface area contributed by atoms with Crippen LogP contribution in [0.3, 0.4) is 0 Å². The molecule has 0 radical (unpaired) electrons. The van der Waals surface area contributed by atoms with E-state index in [4.69, 9.17) is 14.2 Å². The average molecular weight is 1400 g/mol. The number of esters is 1. The molecule has 1 fully saturated rings. The maximum absolute atomic E-state index is 13.1. The molecule has 1 amide bonds. The third-order valence-electron chi connectivity index (χ3n) is 20.7. The maximum Gasteiger partial charge on any atom is 0.305 e. The number of rotatable bonds is 78. The fourth-order valence-electron chi connectivity index (χ4n) is 13.9. The third-order valence-corrected chi connectivity index (χ3v) is 20.7. The normalized spacial score (nSPS) is 17.3. The summed E-state index contributed by atoms with van der Waals surface area (Å²) in [6.07, 6.45) is 93.2. The van der Waals surface area contributed by atoms with Crippen molar-refractivity contribution >= 4 is 11.9 Å². The lowest BCUT2D eigenvalue weighted by molar-refractivity contribution is -0.302. The number of amides is 1. The number of hydrogen-bond acceptors (Lipinski definition) is 10. The van der Waals surface area contributed by atoms with Gasteiger partial charge in [-0.05, 0) is 77.0 Å². The van der Waals surface area contributed by atoms with Crippen LogP contribution in [0.15, 0.2) is 48.6 Å². The van der Waals surface area contributed by atoms with Crippen molar-refractivity contribution < 1.29 is 49.3 Å². The van der Waals surface area contributed by atoms with Gasteiger partial charge < -0.3 is 45.1 Å². The number of aliphatic hydroxyl groups is 5. The number of hydrogen-bond donors (Lipinski definition) is 6. The molecule has 11 heteroatoms. The molecule has 0 saturated carbocycles. The molecule has 1 aliphatic heterocycles. The first-order chi connectivity index (χ1) is 48.7. The van der Waals surface area contributed by atoms with Crippen LogP contribution >= 0.6 is 0 Å². The quantitative estimate of drug-likeness (QED) is 0.0195. The predicted octanol–water partition coefficient (Wildman–Crippen LogP) is 24.2. The summed E-state index contributed by atoms with van der Waals surface area (Å²) in [5.74, 6) is -0.167. The maximum atomic E-state index is 13.1. The van der Waals surface area contributed by atoms with Crippen molar-refractivity contribution in [2.75, 3.05) is 19.8 Å². The van der Waals surface area contributed by atoms with Gasteiger partial charge in [-0.3, -0.25) is 9.59 Å². The predicted molar refractivity (Wildman–Crippen MR) is 421 cm³/mol. The van der Waals surface area contributed by atoms with E-state index in [1.54, 1.807) is 6.08 Å². The van der Waals surface area contributed by atoms with E-state index in [0.29, 0.717) is 19.4 Å². The largest absolute Gasteiger partial charge is 0.466 e. The highest BCUT2D eigenvalue weighted by molar-refractivity contribution is 5.76. The molecule has 0 aliphatic carbocycles. The van der Waals surface area contributed by atoms with Crippen molar-refractivity contribution in [3.63, 3.8) is 0 Å². The number of carbonyl (C=O) groups is 2. The molecule has 6 N–H and O–H groups in total. The second kappa shape index (κ2) is 76.7. The van der Waals surface area contributed by atoms with Crippen molar-refractivity contribution in [3.8, 4) is 0 Å². The van der Waals surface area contributed by atoms with Gasteiger partial charge in [0.25, 0.3) is 0 Å². The molecule has 99 heavy (non-hydrogen) atoms. The van der Waals surface area contributed by atoms with Crippen LogP contribution < -0.4 is 5.32 Å². The molecule has 1 heterocycles. The Bertz CT molecular complexity index is 1790. The van der Waals surface area contributed by atoms with Crippen molar-refractivity contribution in [1.82, 2.24) is 5.32 Å². The van der Waals surface area contributed by atoms with E-state index in [1.165, 1.54) is 353 Å². The zero-order chi connectivity index (χ0) is 71.5. The Kier molecular flexibility index (Phi) is 73.4. The number of unbranched alkanes of at least 4 members (excludes halogenated alkanes) is 58. The zero-order valence-electron chi connectivity index (χ0n) is 65.2. The number of aliphatic hydroxyl groups excluding tert-OH is 5. The van der Waals surface area contributed by atoms with E-state index in [-0.39, 0.29) is 18.5 Å². The van der Waals surface area contributed by atoms with Gasteiger partial charge in [0, 0.05) is 12.8 Å². The average Bonchev–Trinajstić information content (AvgIpc) is 0.834. The Morgan fingerprint density at radius 1 is 0.374 bits per heavy atom. The lowest BCUT2D eigenvalue weighted by atomic mass is 9.99. The molecular formula is C88H165NO10. The van der Waals surface area contributed by atoms with Gasteiger partial charge in [0.15, 0.2) is 6.29 Å². The molecule has 0 aromatic carbocycles.